The SMILES string of the molecule is CC(C)(CNC(=O)C1(CNC(=O)OCC2c3ccccc3-c3ccccc32)CC1)C(=O)O. The van der Waals surface area contributed by atoms with Gasteiger partial charge < -0.3 is 20.5 Å². The number of fused-ring (bicyclic) bond motifs is 3. The van der Waals surface area contributed by atoms with Crippen LogP contribution in [0.25, 0.3) is 11.1 Å². The van der Waals surface area contributed by atoms with E-state index in [0.717, 1.165) is 22.3 Å². The Kier molecular flexibility index (Phi) is 5.67. The normalized spacial score (nSPS) is 15.9. The van der Waals surface area contributed by atoms with Crippen molar-refractivity contribution in [1.29, 1.82) is 0 Å². The van der Waals surface area contributed by atoms with Crippen LogP contribution in [0, 0.1) is 10.8 Å². The highest BCUT2D eigenvalue weighted by Gasteiger charge is 2.50. The van der Waals surface area contributed by atoms with Crippen molar-refractivity contribution in [2.75, 3.05) is 19.7 Å². The van der Waals surface area contributed by atoms with Gasteiger partial charge in [0.25, 0.3) is 0 Å². The maximum absolute atomic E-state index is 12.6. The second-order valence-electron chi connectivity index (χ2n) is 9.33. The number of hydrogen-bond acceptors (Lipinski definition) is 4. The highest BCUT2D eigenvalue weighted by atomic mass is 16.5. The number of ether oxygens (including phenoxy) is 1. The summed E-state index contributed by atoms with van der Waals surface area (Å²) in [5.74, 6) is -1.23. The lowest BCUT2D eigenvalue weighted by molar-refractivity contribution is -0.147. The smallest absolute Gasteiger partial charge is 0.407 e. The van der Waals surface area contributed by atoms with Gasteiger partial charge in [-0.1, -0.05) is 48.5 Å². The van der Waals surface area contributed by atoms with Crippen LogP contribution < -0.4 is 10.6 Å². The van der Waals surface area contributed by atoms with Gasteiger partial charge in [-0.2, -0.15) is 0 Å². The Balaban J connectivity index is 1.31. The molecule has 2 aromatic carbocycles. The molecule has 1 saturated carbocycles. The molecule has 168 valence electrons. The van der Waals surface area contributed by atoms with Crippen LogP contribution in [0.1, 0.15) is 43.7 Å². The summed E-state index contributed by atoms with van der Waals surface area (Å²) >= 11 is 0. The Labute approximate surface area is 187 Å². The molecule has 3 N–H and O–H groups in total. The summed E-state index contributed by atoms with van der Waals surface area (Å²) in [6.45, 7) is 3.54. The van der Waals surface area contributed by atoms with Crippen LogP contribution in [-0.4, -0.2) is 42.8 Å². The molecule has 2 aliphatic rings. The van der Waals surface area contributed by atoms with Crippen molar-refractivity contribution in [2.24, 2.45) is 10.8 Å². The van der Waals surface area contributed by atoms with E-state index in [9.17, 15) is 19.5 Å². The van der Waals surface area contributed by atoms with Crippen LogP contribution >= 0.6 is 0 Å². The van der Waals surface area contributed by atoms with Crippen LogP contribution in [0.15, 0.2) is 48.5 Å². The molecule has 2 aliphatic carbocycles. The highest BCUT2D eigenvalue weighted by Crippen LogP contribution is 2.46. The first-order chi connectivity index (χ1) is 15.2. The topological polar surface area (TPSA) is 105 Å². The van der Waals surface area contributed by atoms with Crippen LogP contribution in [0.3, 0.4) is 0 Å². The molecule has 2 aromatic rings. The van der Waals surface area contributed by atoms with Crippen molar-refractivity contribution >= 4 is 18.0 Å². The van der Waals surface area contributed by atoms with Gasteiger partial charge in [-0.3, -0.25) is 9.59 Å². The third kappa shape index (κ3) is 4.20. The second kappa shape index (κ2) is 8.30. The average molecular weight is 437 g/mol. The number of aliphatic carboxylic acids is 1. The summed E-state index contributed by atoms with van der Waals surface area (Å²) in [6, 6.07) is 16.3. The Morgan fingerprint density at radius 1 is 1.00 bits per heavy atom. The van der Waals surface area contributed by atoms with Crippen LogP contribution in [0.4, 0.5) is 4.79 Å². The molecule has 7 heteroatoms. The molecule has 0 heterocycles. The van der Waals surface area contributed by atoms with E-state index in [1.54, 1.807) is 13.8 Å². The number of amides is 2. The summed E-state index contributed by atoms with van der Waals surface area (Å²) in [6.07, 6.45) is 0.739. The van der Waals surface area contributed by atoms with Gasteiger partial charge in [0.1, 0.15) is 6.61 Å². The zero-order valence-electron chi connectivity index (χ0n) is 18.3. The van der Waals surface area contributed by atoms with Gasteiger partial charge in [-0.05, 0) is 48.9 Å². The summed E-state index contributed by atoms with van der Waals surface area (Å²) in [4.78, 5) is 36.2. The summed E-state index contributed by atoms with van der Waals surface area (Å²) in [5, 5.41) is 14.6. The molecule has 0 spiro atoms. The number of carbonyl (C=O) groups is 3. The third-order valence-electron chi connectivity index (χ3n) is 6.52. The number of carbonyl (C=O) groups excluding carboxylic acids is 2. The molecule has 2 amide bonds. The number of rotatable bonds is 8. The van der Waals surface area contributed by atoms with Crippen molar-refractivity contribution in [1.82, 2.24) is 10.6 Å². The minimum atomic E-state index is -1.05. The van der Waals surface area contributed by atoms with E-state index in [-0.39, 0.29) is 31.5 Å². The van der Waals surface area contributed by atoms with Crippen molar-refractivity contribution < 1.29 is 24.2 Å². The van der Waals surface area contributed by atoms with Gasteiger partial charge in [0.05, 0.1) is 10.8 Å². The van der Waals surface area contributed by atoms with Crippen molar-refractivity contribution in [3.63, 3.8) is 0 Å². The standard InChI is InChI=1S/C25H28N2O5/c1-24(2,22(29)30)14-26-21(28)25(11-12-25)15-27-23(31)32-13-20-18-9-5-3-7-16(18)17-8-4-6-10-19(17)20/h3-10,20H,11-15H2,1-2H3,(H,26,28)(H,27,31)(H,29,30). The molecular formula is C25H28N2O5. The first kappa shape index (κ1) is 21.9. The molecule has 7 nitrogen and oxygen atoms in total. The van der Waals surface area contributed by atoms with Gasteiger partial charge >= 0.3 is 12.1 Å². The Bertz CT molecular complexity index is 1010. The van der Waals surface area contributed by atoms with E-state index >= 15 is 0 Å². The van der Waals surface area contributed by atoms with E-state index in [4.69, 9.17) is 4.74 Å². The molecule has 0 aromatic heterocycles. The molecule has 32 heavy (non-hydrogen) atoms. The molecule has 0 unspecified atom stereocenters. The quantitative estimate of drug-likeness (QED) is 0.587. The van der Waals surface area contributed by atoms with Gasteiger partial charge in [0.15, 0.2) is 0 Å². The lowest BCUT2D eigenvalue weighted by Gasteiger charge is -2.22. The van der Waals surface area contributed by atoms with Gasteiger partial charge in [0.2, 0.25) is 5.91 Å². The monoisotopic (exact) mass is 436 g/mol. The molecule has 0 saturated heterocycles. The molecular weight excluding hydrogens is 408 g/mol. The summed E-state index contributed by atoms with van der Waals surface area (Å²) in [7, 11) is 0. The predicted molar refractivity (Wildman–Crippen MR) is 119 cm³/mol. The number of alkyl carbamates (subject to hydrolysis) is 1. The predicted octanol–water partition coefficient (Wildman–Crippen LogP) is 3.53. The zero-order valence-corrected chi connectivity index (χ0v) is 18.3. The second-order valence-corrected chi connectivity index (χ2v) is 9.33. The van der Waals surface area contributed by atoms with E-state index < -0.39 is 22.9 Å². The number of benzene rings is 2. The van der Waals surface area contributed by atoms with Gasteiger partial charge in [-0.25, -0.2) is 4.79 Å². The van der Waals surface area contributed by atoms with Gasteiger partial charge in [0, 0.05) is 19.0 Å². The maximum atomic E-state index is 12.6. The molecule has 0 aliphatic heterocycles. The fourth-order valence-corrected chi connectivity index (χ4v) is 4.09. The van der Waals surface area contributed by atoms with Gasteiger partial charge in [-0.15, -0.1) is 0 Å². The van der Waals surface area contributed by atoms with Crippen molar-refractivity contribution in [3.05, 3.63) is 59.7 Å². The number of nitrogens with one attached hydrogen (secondary N) is 2. The maximum Gasteiger partial charge on any atom is 0.407 e. The lowest BCUT2D eigenvalue weighted by Crippen LogP contribution is -2.45. The Morgan fingerprint density at radius 3 is 2.09 bits per heavy atom. The lowest BCUT2D eigenvalue weighted by atomic mass is 9.93. The fourth-order valence-electron chi connectivity index (χ4n) is 4.09. The zero-order chi connectivity index (χ0) is 22.9. The largest absolute Gasteiger partial charge is 0.481 e. The van der Waals surface area contributed by atoms with E-state index in [0.29, 0.717) is 12.8 Å². The minimum absolute atomic E-state index is 0.0235. The van der Waals surface area contributed by atoms with Crippen LogP contribution in [0.5, 0.6) is 0 Å². The fraction of sp³-hybridized carbons (Fsp3) is 0.400. The number of hydrogen-bond donors (Lipinski definition) is 3. The molecule has 0 bridgehead atoms. The Hall–Kier alpha value is -3.35. The van der Waals surface area contributed by atoms with Crippen molar-refractivity contribution in [3.8, 4) is 11.1 Å². The number of carboxylic acid groups (broad SMARTS) is 1. The average Bonchev–Trinajstić information content (AvgIpc) is 3.51. The molecule has 1 fully saturated rings. The van der Waals surface area contributed by atoms with E-state index in [1.165, 1.54) is 0 Å². The minimum Gasteiger partial charge on any atom is -0.481 e. The first-order valence-electron chi connectivity index (χ1n) is 10.8. The Morgan fingerprint density at radius 2 is 1.56 bits per heavy atom. The van der Waals surface area contributed by atoms with E-state index in [2.05, 4.69) is 34.9 Å². The number of carboxylic acids is 1. The molecule has 0 atom stereocenters. The van der Waals surface area contributed by atoms with Crippen LogP contribution in [-0.2, 0) is 14.3 Å². The molecule has 4 rings (SSSR count). The van der Waals surface area contributed by atoms with Crippen LogP contribution in [0.2, 0.25) is 0 Å². The third-order valence-corrected chi connectivity index (χ3v) is 6.52. The van der Waals surface area contributed by atoms with Crippen molar-refractivity contribution in [2.45, 2.75) is 32.6 Å². The summed E-state index contributed by atoms with van der Waals surface area (Å²) < 4.78 is 5.53. The highest BCUT2D eigenvalue weighted by molar-refractivity contribution is 5.87. The first-order valence-corrected chi connectivity index (χ1v) is 10.8. The summed E-state index contributed by atoms with van der Waals surface area (Å²) in [5.41, 5.74) is 2.87. The molecule has 0 radical (unpaired) electrons. The van der Waals surface area contributed by atoms with E-state index in [1.807, 2.05) is 24.3 Å².